The van der Waals surface area contributed by atoms with Crippen molar-refractivity contribution in [2.75, 3.05) is 32.7 Å². The van der Waals surface area contributed by atoms with E-state index in [9.17, 15) is 0 Å². The predicted octanol–water partition coefficient (Wildman–Crippen LogP) is 1.04. The number of rotatable bonds is 4. The second-order valence-corrected chi connectivity index (χ2v) is 7.63. The summed E-state index contributed by atoms with van der Waals surface area (Å²) < 4.78 is 0. The first-order valence-electron chi connectivity index (χ1n) is 9.85. The van der Waals surface area contributed by atoms with Gasteiger partial charge in [-0.15, -0.1) is 0 Å². The average molecular weight is 335 g/mol. The number of hydrogen-bond donors (Lipinski definition) is 2. The molecule has 1 aliphatic heterocycles. The number of nitrogens with one attached hydrogen (secondary N) is 2. The molecule has 0 bridgehead atoms. The minimum absolute atomic E-state index is 0.844. The number of hydrogen-bond acceptors (Lipinski definition) is 0. The monoisotopic (exact) mass is 334 g/mol. The Labute approximate surface area is 151 Å². The molecule has 0 radical (unpaired) electrons. The standard InChI is InChI=1S/C23H28N2/c1-2-7-20(8-3-1)9-6-14-24-15-17-25(18-16-24)23-13-12-21-10-4-5-11-22(21)19-23/h1-11,23H,12-19H2/p+2/b9-6-/t23-/m0/s1. The Morgan fingerprint density at radius 3 is 2.36 bits per heavy atom. The summed E-state index contributed by atoms with van der Waals surface area (Å²) in [5.41, 5.74) is 4.51. The van der Waals surface area contributed by atoms with Gasteiger partial charge in [-0.05, 0) is 29.2 Å². The van der Waals surface area contributed by atoms with Crippen LogP contribution in [0.3, 0.4) is 0 Å². The third-order valence-electron chi connectivity index (χ3n) is 6.04. The van der Waals surface area contributed by atoms with Crippen molar-refractivity contribution in [1.82, 2.24) is 0 Å². The Morgan fingerprint density at radius 2 is 1.56 bits per heavy atom. The Balaban J connectivity index is 1.26. The second kappa shape index (κ2) is 7.99. The molecule has 0 amide bonds. The van der Waals surface area contributed by atoms with Crippen LogP contribution in [0.4, 0.5) is 0 Å². The summed E-state index contributed by atoms with van der Waals surface area (Å²) in [5, 5.41) is 0. The quantitative estimate of drug-likeness (QED) is 0.827. The highest BCUT2D eigenvalue weighted by Gasteiger charge is 2.31. The summed E-state index contributed by atoms with van der Waals surface area (Å²) >= 11 is 0. The molecule has 4 rings (SSSR count). The number of piperazine rings is 1. The fourth-order valence-corrected chi connectivity index (χ4v) is 4.51. The smallest absolute Gasteiger partial charge is 0.127 e. The van der Waals surface area contributed by atoms with Crippen LogP contribution in [0.5, 0.6) is 0 Å². The summed E-state index contributed by atoms with van der Waals surface area (Å²) in [5.74, 6) is 0. The van der Waals surface area contributed by atoms with Gasteiger partial charge in [0.1, 0.15) is 26.2 Å². The predicted molar refractivity (Wildman–Crippen MR) is 104 cm³/mol. The van der Waals surface area contributed by atoms with Gasteiger partial charge >= 0.3 is 0 Å². The molecule has 0 spiro atoms. The van der Waals surface area contributed by atoms with Crippen molar-refractivity contribution in [2.45, 2.75) is 25.3 Å². The largest absolute Gasteiger partial charge is 0.323 e. The van der Waals surface area contributed by atoms with Crippen LogP contribution in [-0.2, 0) is 12.8 Å². The van der Waals surface area contributed by atoms with Gasteiger partial charge < -0.3 is 9.80 Å². The summed E-state index contributed by atoms with van der Waals surface area (Å²) in [6.07, 6.45) is 8.56. The Bertz CT molecular complexity index is 699. The lowest BCUT2D eigenvalue weighted by Gasteiger charge is -2.36. The fourth-order valence-electron chi connectivity index (χ4n) is 4.51. The van der Waals surface area contributed by atoms with Crippen molar-refractivity contribution in [1.29, 1.82) is 0 Å². The maximum absolute atomic E-state index is 2.35. The van der Waals surface area contributed by atoms with E-state index in [-0.39, 0.29) is 0 Å². The maximum Gasteiger partial charge on any atom is 0.127 e. The van der Waals surface area contributed by atoms with Crippen LogP contribution in [0.25, 0.3) is 6.08 Å². The molecule has 0 unspecified atom stereocenters. The molecule has 25 heavy (non-hydrogen) atoms. The molecule has 1 atom stereocenters. The van der Waals surface area contributed by atoms with Crippen molar-refractivity contribution < 1.29 is 9.80 Å². The van der Waals surface area contributed by atoms with Gasteiger partial charge in [0, 0.05) is 12.8 Å². The lowest BCUT2D eigenvalue weighted by atomic mass is 9.87. The van der Waals surface area contributed by atoms with Crippen molar-refractivity contribution in [2.24, 2.45) is 0 Å². The van der Waals surface area contributed by atoms with E-state index in [0.717, 1.165) is 12.6 Å². The topological polar surface area (TPSA) is 8.88 Å². The first-order chi connectivity index (χ1) is 12.4. The number of aryl methyl sites for hydroxylation is 1. The van der Waals surface area contributed by atoms with Crippen LogP contribution in [0, 0.1) is 0 Å². The van der Waals surface area contributed by atoms with Gasteiger partial charge in [-0.25, -0.2) is 0 Å². The summed E-state index contributed by atoms with van der Waals surface area (Å²) in [7, 11) is 0. The molecule has 1 saturated heterocycles. The molecule has 1 fully saturated rings. The van der Waals surface area contributed by atoms with Crippen molar-refractivity contribution >= 4 is 6.08 Å². The second-order valence-electron chi connectivity index (χ2n) is 7.63. The lowest BCUT2D eigenvalue weighted by Crippen LogP contribution is -3.29. The fraction of sp³-hybridized carbons (Fsp3) is 0.391. The molecule has 2 heteroatoms. The molecule has 2 aliphatic rings. The molecule has 130 valence electrons. The van der Waals surface area contributed by atoms with Crippen LogP contribution < -0.4 is 9.80 Å². The molecule has 0 aromatic heterocycles. The first-order valence-corrected chi connectivity index (χ1v) is 9.85. The highest BCUT2D eigenvalue weighted by molar-refractivity contribution is 5.48. The lowest BCUT2D eigenvalue weighted by molar-refractivity contribution is -1.02. The SMILES string of the molecule is C(=C/c1ccccc1)/C[NH+]1CC[NH+]([C@H]2CCc3ccccc3C2)CC1. The third kappa shape index (κ3) is 4.20. The zero-order valence-electron chi connectivity index (χ0n) is 15.1. The van der Waals surface area contributed by atoms with Crippen molar-refractivity contribution in [3.8, 4) is 0 Å². The normalized spacial score (nSPS) is 26.5. The Kier molecular flexibility index (Phi) is 5.29. The van der Waals surface area contributed by atoms with E-state index in [4.69, 9.17) is 0 Å². The van der Waals surface area contributed by atoms with E-state index in [1.807, 2.05) is 4.90 Å². The summed E-state index contributed by atoms with van der Waals surface area (Å²) in [4.78, 5) is 3.59. The van der Waals surface area contributed by atoms with Crippen LogP contribution in [-0.4, -0.2) is 38.8 Å². The molecule has 2 nitrogen and oxygen atoms in total. The van der Waals surface area contributed by atoms with Gasteiger partial charge in [0.05, 0.1) is 12.6 Å². The van der Waals surface area contributed by atoms with Gasteiger partial charge in [-0.3, -0.25) is 0 Å². The molecule has 1 heterocycles. The number of fused-ring (bicyclic) bond motifs is 1. The molecule has 0 saturated carbocycles. The molecular weight excluding hydrogens is 304 g/mol. The summed E-state index contributed by atoms with van der Waals surface area (Å²) in [6.45, 7) is 6.46. The van der Waals surface area contributed by atoms with E-state index >= 15 is 0 Å². The van der Waals surface area contributed by atoms with E-state index in [2.05, 4.69) is 66.7 Å². The molecular formula is C23H30N2+2. The zero-order chi connectivity index (χ0) is 16.9. The minimum atomic E-state index is 0.844. The molecule has 2 aromatic rings. The Morgan fingerprint density at radius 1 is 0.840 bits per heavy atom. The van der Waals surface area contributed by atoms with E-state index in [0.29, 0.717) is 0 Å². The van der Waals surface area contributed by atoms with E-state index in [1.54, 1.807) is 16.0 Å². The van der Waals surface area contributed by atoms with Crippen molar-refractivity contribution in [3.63, 3.8) is 0 Å². The van der Waals surface area contributed by atoms with Gasteiger partial charge in [-0.2, -0.15) is 0 Å². The molecule has 2 N–H and O–H groups in total. The van der Waals surface area contributed by atoms with Crippen LogP contribution in [0.1, 0.15) is 23.1 Å². The minimum Gasteiger partial charge on any atom is -0.323 e. The van der Waals surface area contributed by atoms with E-state index < -0.39 is 0 Å². The molecule has 2 aromatic carbocycles. The first kappa shape index (κ1) is 16.6. The number of benzene rings is 2. The van der Waals surface area contributed by atoms with Gasteiger partial charge in [0.15, 0.2) is 0 Å². The Hall–Kier alpha value is -1.90. The number of quaternary nitrogens is 2. The van der Waals surface area contributed by atoms with Gasteiger partial charge in [0.2, 0.25) is 0 Å². The van der Waals surface area contributed by atoms with Gasteiger partial charge in [-0.1, -0.05) is 60.7 Å². The average Bonchev–Trinajstić information content (AvgIpc) is 2.69. The highest BCUT2D eigenvalue weighted by atomic mass is 15.3. The zero-order valence-corrected chi connectivity index (χ0v) is 15.1. The highest BCUT2D eigenvalue weighted by Crippen LogP contribution is 2.19. The van der Waals surface area contributed by atoms with Crippen LogP contribution in [0.2, 0.25) is 0 Å². The molecule has 1 aliphatic carbocycles. The summed E-state index contributed by atoms with van der Waals surface area (Å²) in [6, 6.07) is 20.6. The van der Waals surface area contributed by atoms with E-state index in [1.165, 1.54) is 51.0 Å². The van der Waals surface area contributed by atoms with Gasteiger partial charge in [0.25, 0.3) is 0 Å². The third-order valence-corrected chi connectivity index (χ3v) is 6.04. The van der Waals surface area contributed by atoms with Crippen molar-refractivity contribution in [3.05, 3.63) is 77.4 Å². The van der Waals surface area contributed by atoms with Crippen LogP contribution >= 0.6 is 0 Å². The maximum atomic E-state index is 2.35. The van der Waals surface area contributed by atoms with Crippen LogP contribution in [0.15, 0.2) is 60.7 Å².